The van der Waals surface area contributed by atoms with Crippen molar-refractivity contribution < 1.29 is 0 Å². The van der Waals surface area contributed by atoms with Crippen LogP contribution in [-0.4, -0.2) is 18.9 Å². The minimum absolute atomic E-state index is 0.0364. The minimum atomic E-state index is -0.181. The molecule has 7 heteroatoms. The van der Waals surface area contributed by atoms with Gasteiger partial charge in [0.2, 0.25) is 16.5 Å². The summed E-state index contributed by atoms with van der Waals surface area (Å²) in [6.07, 6.45) is 0. The van der Waals surface area contributed by atoms with Crippen LogP contribution in [0.3, 0.4) is 0 Å². The molecule has 0 spiro atoms. The molecule has 0 aliphatic carbocycles. The molecule has 0 aliphatic heterocycles. The number of rotatable bonds is 1. The van der Waals surface area contributed by atoms with Crippen LogP contribution in [-0.2, 0) is 0 Å². The standard InChI is InChI=1S/C16H11N5OS/c17-14-18-15-20(10-6-2-1-3-7-10)13(22)11-8-4-5-9-12(11)21(15)16(23)19-14/h1-9H,(H2,17,19,23). The predicted molar refractivity (Wildman–Crippen MR) is 91.3 cm³/mol. The van der Waals surface area contributed by atoms with E-state index in [1.54, 1.807) is 10.5 Å². The Kier molecular flexibility index (Phi) is 2.95. The van der Waals surface area contributed by atoms with Crippen LogP contribution in [0, 0.1) is 4.77 Å². The Morgan fingerprint density at radius 3 is 2.43 bits per heavy atom. The maximum absolute atomic E-state index is 13.0. The normalized spacial score (nSPS) is 11.1. The van der Waals surface area contributed by atoms with Crippen molar-refractivity contribution in [3.05, 3.63) is 69.7 Å². The molecule has 6 nitrogen and oxygen atoms in total. The third-order valence-corrected chi connectivity index (χ3v) is 3.88. The van der Waals surface area contributed by atoms with Crippen LogP contribution < -0.4 is 11.3 Å². The van der Waals surface area contributed by atoms with Gasteiger partial charge in [0, 0.05) is 0 Å². The number of nitrogens with zero attached hydrogens (tertiary/aromatic N) is 4. The van der Waals surface area contributed by atoms with E-state index in [0.717, 1.165) is 0 Å². The van der Waals surface area contributed by atoms with Crippen LogP contribution in [0.5, 0.6) is 0 Å². The highest BCUT2D eigenvalue weighted by atomic mass is 32.1. The fourth-order valence-electron chi connectivity index (χ4n) is 2.64. The van der Waals surface area contributed by atoms with Crippen molar-refractivity contribution in [2.24, 2.45) is 0 Å². The topological polar surface area (TPSA) is 78.2 Å². The van der Waals surface area contributed by atoms with E-state index in [9.17, 15) is 4.79 Å². The van der Waals surface area contributed by atoms with Gasteiger partial charge in [-0.05, 0) is 36.5 Å². The van der Waals surface area contributed by atoms with Crippen LogP contribution in [0.25, 0.3) is 22.4 Å². The van der Waals surface area contributed by atoms with Gasteiger partial charge in [0.15, 0.2) is 0 Å². The maximum Gasteiger partial charge on any atom is 0.267 e. The first-order chi connectivity index (χ1) is 11.2. The molecule has 0 fully saturated rings. The van der Waals surface area contributed by atoms with Crippen LogP contribution >= 0.6 is 12.2 Å². The van der Waals surface area contributed by atoms with E-state index in [2.05, 4.69) is 9.97 Å². The van der Waals surface area contributed by atoms with Crippen molar-refractivity contribution >= 4 is 34.8 Å². The van der Waals surface area contributed by atoms with E-state index in [1.165, 1.54) is 4.57 Å². The molecular weight excluding hydrogens is 310 g/mol. The average Bonchev–Trinajstić information content (AvgIpc) is 2.55. The highest BCUT2D eigenvalue weighted by Crippen LogP contribution is 2.16. The molecule has 112 valence electrons. The molecule has 4 rings (SSSR count). The van der Waals surface area contributed by atoms with Crippen LogP contribution in [0.15, 0.2) is 59.4 Å². The zero-order valence-corrected chi connectivity index (χ0v) is 12.7. The number of nitrogens with two attached hydrogens (primary N) is 1. The Bertz CT molecular complexity index is 1160. The van der Waals surface area contributed by atoms with Gasteiger partial charge in [-0.25, -0.2) is 4.57 Å². The summed E-state index contributed by atoms with van der Waals surface area (Å²) in [7, 11) is 0. The number of anilines is 1. The summed E-state index contributed by atoms with van der Waals surface area (Å²) in [5.41, 5.74) is 6.91. The fourth-order valence-corrected chi connectivity index (χ4v) is 2.92. The second-order valence-electron chi connectivity index (χ2n) is 4.99. The van der Waals surface area contributed by atoms with E-state index < -0.39 is 0 Å². The molecule has 0 bridgehead atoms. The lowest BCUT2D eigenvalue weighted by Crippen LogP contribution is -2.24. The quantitative estimate of drug-likeness (QED) is 0.430. The molecular formula is C16H11N5OS. The molecule has 2 heterocycles. The van der Waals surface area contributed by atoms with Crippen molar-refractivity contribution in [2.75, 3.05) is 5.73 Å². The molecule has 2 N–H and O–H groups in total. The van der Waals surface area contributed by atoms with E-state index in [0.29, 0.717) is 22.4 Å². The molecule has 23 heavy (non-hydrogen) atoms. The lowest BCUT2D eigenvalue weighted by atomic mass is 10.2. The molecule has 0 amide bonds. The van der Waals surface area contributed by atoms with Gasteiger partial charge >= 0.3 is 0 Å². The van der Waals surface area contributed by atoms with Crippen molar-refractivity contribution in [2.45, 2.75) is 0 Å². The Labute approximate surface area is 135 Å². The van der Waals surface area contributed by atoms with Gasteiger partial charge in [-0.15, -0.1) is 0 Å². The number of hydrogen-bond donors (Lipinski definition) is 1. The van der Waals surface area contributed by atoms with E-state index in [1.807, 2.05) is 48.5 Å². The number of benzene rings is 2. The molecule has 0 saturated heterocycles. The highest BCUT2D eigenvalue weighted by molar-refractivity contribution is 7.71. The largest absolute Gasteiger partial charge is 0.368 e. The first-order valence-electron chi connectivity index (χ1n) is 6.92. The van der Waals surface area contributed by atoms with Crippen molar-refractivity contribution in [3.8, 4) is 5.69 Å². The number of nitrogen functional groups attached to an aromatic ring is 1. The predicted octanol–water partition coefficient (Wildman–Crippen LogP) is 2.35. The lowest BCUT2D eigenvalue weighted by Gasteiger charge is -2.13. The van der Waals surface area contributed by atoms with Gasteiger partial charge in [0.1, 0.15) is 0 Å². The summed E-state index contributed by atoms with van der Waals surface area (Å²) in [5.74, 6) is 0.381. The smallest absolute Gasteiger partial charge is 0.267 e. The average molecular weight is 321 g/mol. The van der Waals surface area contributed by atoms with E-state index >= 15 is 0 Å². The number of hydrogen-bond acceptors (Lipinski definition) is 5. The summed E-state index contributed by atoms with van der Waals surface area (Å²) in [4.78, 5) is 21.3. The molecule has 4 aromatic rings. The third-order valence-electron chi connectivity index (χ3n) is 3.61. The van der Waals surface area contributed by atoms with Gasteiger partial charge in [-0.1, -0.05) is 30.3 Å². The van der Waals surface area contributed by atoms with Crippen molar-refractivity contribution in [1.29, 1.82) is 0 Å². The first kappa shape index (κ1) is 13.6. The molecule has 0 unspecified atom stereocenters. The molecule has 0 saturated carbocycles. The summed E-state index contributed by atoms with van der Waals surface area (Å²) in [5, 5.41) is 0.535. The molecule has 0 atom stereocenters. The summed E-state index contributed by atoms with van der Waals surface area (Å²) >= 11 is 5.34. The number of aromatic nitrogens is 4. The number of para-hydroxylation sites is 2. The van der Waals surface area contributed by atoms with Crippen molar-refractivity contribution in [1.82, 2.24) is 18.9 Å². The summed E-state index contributed by atoms with van der Waals surface area (Å²) < 4.78 is 3.42. The van der Waals surface area contributed by atoms with Crippen LogP contribution in [0.2, 0.25) is 0 Å². The zero-order chi connectivity index (χ0) is 16.0. The Morgan fingerprint density at radius 2 is 1.65 bits per heavy atom. The second-order valence-corrected chi connectivity index (χ2v) is 5.36. The molecule has 2 aromatic heterocycles. The zero-order valence-electron chi connectivity index (χ0n) is 11.9. The maximum atomic E-state index is 13.0. The second kappa shape index (κ2) is 4.99. The Balaban J connectivity index is 2.36. The Hall–Kier alpha value is -3.06. The van der Waals surface area contributed by atoms with Gasteiger partial charge in [0.25, 0.3) is 5.56 Å². The molecule has 0 aliphatic rings. The van der Waals surface area contributed by atoms with E-state index in [4.69, 9.17) is 18.0 Å². The van der Waals surface area contributed by atoms with Gasteiger partial charge < -0.3 is 5.73 Å². The third kappa shape index (κ3) is 2.01. The first-order valence-corrected chi connectivity index (χ1v) is 7.33. The monoisotopic (exact) mass is 321 g/mol. The van der Waals surface area contributed by atoms with Crippen LogP contribution in [0.1, 0.15) is 0 Å². The van der Waals surface area contributed by atoms with E-state index in [-0.39, 0.29) is 16.3 Å². The minimum Gasteiger partial charge on any atom is -0.368 e. The molecule has 2 aromatic carbocycles. The summed E-state index contributed by atoms with van der Waals surface area (Å²) in [6.45, 7) is 0. The Morgan fingerprint density at radius 1 is 0.957 bits per heavy atom. The summed E-state index contributed by atoms with van der Waals surface area (Å²) in [6, 6.07) is 16.5. The number of fused-ring (bicyclic) bond motifs is 3. The highest BCUT2D eigenvalue weighted by Gasteiger charge is 2.14. The molecule has 0 radical (unpaired) electrons. The lowest BCUT2D eigenvalue weighted by molar-refractivity contribution is 0.908. The van der Waals surface area contributed by atoms with Gasteiger partial charge in [0.05, 0.1) is 16.6 Å². The van der Waals surface area contributed by atoms with Crippen LogP contribution in [0.4, 0.5) is 5.95 Å². The fraction of sp³-hybridized carbons (Fsp3) is 0. The SMILES string of the molecule is Nc1nc(=S)n2c3ccccc3c(=O)n(-c3ccccc3)c2n1. The van der Waals surface area contributed by atoms with Crippen molar-refractivity contribution in [3.63, 3.8) is 0 Å². The van der Waals surface area contributed by atoms with Gasteiger partial charge in [-0.3, -0.25) is 9.20 Å². The van der Waals surface area contributed by atoms with Gasteiger partial charge in [-0.2, -0.15) is 9.97 Å².